The maximum absolute atomic E-state index is 12.0. The average Bonchev–Trinajstić information content (AvgIpc) is 2.95. The third-order valence-corrected chi connectivity index (χ3v) is 4.70. The SMILES string of the molecule is C[C@@H](O)[C@H]1CCN(C(=O)NCCCc2ccc(Cl)cc2Cl)C1. The number of benzene rings is 1. The third-order valence-electron chi connectivity index (χ3n) is 4.11. The summed E-state index contributed by atoms with van der Waals surface area (Å²) in [6, 6.07) is 5.42. The van der Waals surface area contributed by atoms with Crippen LogP contribution in [-0.4, -0.2) is 41.8 Å². The number of rotatable bonds is 5. The zero-order chi connectivity index (χ0) is 16.1. The summed E-state index contributed by atoms with van der Waals surface area (Å²) >= 11 is 12.0. The van der Waals surface area contributed by atoms with Crippen molar-refractivity contribution in [2.75, 3.05) is 19.6 Å². The van der Waals surface area contributed by atoms with E-state index in [1.807, 2.05) is 12.1 Å². The summed E-state index contributed by atoms with van der Waals surface area (Å²) in [4.78, 5) is 13.8. The lowest BCUT2D eigenvalue weighted by molar-refractivity contribution is 0.129. The standard InChI is InChI=1S/C16H22Cl2N2O2/c1-11(21)13-6-8-20(10-13)16(22)19-7-2-3-12-4-5-14(17)9-15(12)18/h4-5,9,11,13,21H,2-3,6-8,10H2,1H3,(H,19,22)/t11-,13+/m1/s1. The molecule has 0 saturated carbocycles. The Hall–Kier alpha value is -0.970. The molecule has 4 nitrogen and oxygen atoms in total. The Morgan fingerprint density at radius 1 is 1.50 bits per heavy atom. The van der Waals surface area contributed by atoms with E-state index in [1.165, 1.54) is 0 Å². The van der Waals surface area contributed by atoms with Crippen molar-refractivity contribution in [3.8, 4) is 0 Å². The minimum atomic E-state index is -0.357. The van der Waals surface area contributed by atoms with E-state index < -0.39 is 0 Å². The molecule has 0 aliphatic carbocycles. The molecule has 1 aliphatic heterocycles. The zero-order valence-electron chi connectivity index (χ0n) is 12.7. The zero-order valence-corrected chi connectivity index (χ0v) is 14.2. The van der Waals surface area contributed by atoms with Crippen molar-refractivity contribution in [3.63, 3.8) is 0 Å². The fourth-order valence-corrected chi connectivity index (χ4v) is 3.18. The van der Waals surface area contributed by atoms with E-state index in [0.717, 1.165) is 24.8 Å². The predicted molar refractivity (Wildman–Crippen MR) is 89.5 cm³/mol. The van der Waals surface area contributed by atoms with Gasteiger partial charge in [0.15, 0.2) is 0 Å². The van der Waals surface area contributed by atoms with Gasteiger partial charge in [0.2, 0.25) is 0 Å². The van der Waals surface area contributed by atoms with Crippen LogP contribution in [-0.2, 0) is 6.42 Å². The van der Waals surface area contributed by atoms with Gasteiger partial charge in [-0.25, -0.2) is 4.79 Å². The number of aliphatic hydroxyl groups is 1. The van der Waals surface area contributed by atoms with Crippen LogP contribution in [0.15, 0.2) is 18.2 Å². The van der Waals surface area contributed by atoms with Crippen molar-refractivity contribution in [1.82, 2.24) is 10.2 Å². The molecule has 0 radical (unpaired) electrons. The van der Waals surface area contributed by atoms with Gasteiger partial charge in [-0.3, -0.25) is 0 Å². The monoisotopic (exact) mass is 344 g/mol. The quantitative estimate of drug-likeness (QED) is 0.805. The highest BCUT2D eigenvalue weighted by molar-refractivity contribution is 6.35. The third kappa shape index (κ3) is 4.77. The number of halogens is 2. The molecule has 122 valence electrons. The molecular weight excluding hydrogens is 323 g/mol. The van der Waals surface area contributed by atoms with Crippen LogP contribution in [0.5, 0.6) is 0 Å². The van der Waals surface area contributed by atoms with E-state index >= 15 is 0 Å². The molecule has 1 aromatic rings. The van der Waals surface area contributed by atoms with Crippen LogP contribution in [0.25, 0.3) is 0 Å². The minimum Gasteiger partial charge on any atom is -0.393 e. The highest BCUT2D eigenvalue weighted by Gasteiger charge is 2.28. The minimum absolute atomic E-state index is 0.0506. The lowest BCUT2D eigenvalue weighted by Crippen LogP contribution is -2.39. The number of nitrogens with one attached hydrogen (secondary N) is 1. The van der Waals surface area contributed by atoms with Crippen LogP contribution in [0.2, 0.25) is 10.0 Å². The van der Waals surface area contributed by atoms with Crippen molar-refractivity contribution in [2.24, 2.45) is 5.92 Å². The molecule has 2 atom stereocenters. The van der Waals surface area contributed by atoms with Crippen LogP contribution in [0.4, 0.5) is 4.79 Å². The van der Waals surface area contributed by atoms with Gasteiger partial charge in [0.05, 0.1) is 6.10 Å². The number of amides is 2. The average molecular weight is 345 g/mol. The lowest BCUT2D eigenvalue weighted by atomic mass is 10.0. The lowest BCUT2D eigenvalue weighted by Gasteiger charge is -2.18. The topological polar surface area (TPSA) is 52.6 Å². The van der Waals surface area contributed by atoms with Crippen LogP contribution < -0.4 is 5.32 Å². The maximum atomic E-state index is 12.0. The maximum Gasteiger partial charge on any atom is 0.317 e. The summed E-state index contributed by atoms with van der Waals surface area (Å²) in [5.41, 5.74) is 1.04. The van der Waals surface area contributed by atoms with Crippen LogP contribution in [0.3, 0.4) is 0 Å². The molecule has 0 bridgehead atoms. The summed E-state index contributed by atoms with van der Waals surface area (Å²) in [6.45, 7) is 3.73. The van der Waals surface area contributed by atoms with Gasteiger partial charge < -0.3 is 15.3 Å². The number of aryl methyl sites for hydroxylation is 1. The number of urea groups is 1. The first-order chi connectivity index (χ1) is 10.5. The largest absolute Gasteiger partial charge is 0.393 e. The van der Waals surface area contributed by atoms with Gasteiger partial charge in [0.25, 0.3) is 0 Å². The molecule has 22 heavy (non-hydrogen) atoms. The van der Waals surface area contributed by atoms with E-state index in [-0.39, 0.29) is 18.1 Å². The molecule has 0 unspecified atom stereocenters. The van der Waals surface area contributed by atoms with E-state index in [9.17, 15) is 9.90 Å². The first kappa shape index (κ1) is 17.4. The molecular formula is C16H22Cl2N2O2. The highest BCUT2D eigenvalue weighted by atomic mass is 35.5. The highest BCUT2D eigenvalue weighted by Crippen LogP contribution is 2.22. The summed E-state index contributed by atoms with van der Waals surface area (Å²) in [7, 11) is 0. The van der Waals surface area contributed by atoms with Gasteiger partial charge >= 0.3 is 6.03 Å². The summed E-state index contributed by atoms with van der Waals surface area (Å²) in [5.74, 6) is 0.193. The number of hydrogen-bond acceptors (Lipinski definition) is 2. The van der Waals surface area contributed by atoms with Crippen molar-refractivity contribution in [3.05, 3.63) is 33.8 Å². The first-order valence-corrected chi connectivity index (χ1v) is 8.37. The summed E-state index contributed by atoms with van der Waals surface area (Å²) in [6.07, 6.45) is 2.13. The molecule has 1 saturated heterocycles. The molecule has 1 heterocycles. The van der Waals surface area contributed by atoms with Gasteiger partial charge in [-0.1, -0.05) is 29.3 Å². The summed E-state index contributed by atoms with van der Waals surface area (Å²) in [5, 5.41) is 13.8. The predicted octanol–water partition coefficient (Wildman–Crippen LogP) is 3.34. The molecule has 1 aromatic carbocycles. The molecule has 0 aromatic heterocycles. The number of carbonyl (C=O) groups excluding carboxylic acids is 1. The fourth-order valence-electron chi connectivity index (χ4n) is 2.68. The van der Waals surface area contributed by atoms with Gasteiger partial charge in [-0.2, -0.15) is 0 Å². The second-order valence-electron chi connectivity index (χ2n) is 5.81. The van der Waals surface area contributed by atoms with Gasteiger partial charge in [0.1, 0.15) is 0 Å². The van der Waals surface area contributed by atoms with Crippen molar-refractivity contribution >= 4 is 29.2 Å². The van der Waals surface area contributed by atoms with Crippen molar-refractivity contribution < 1.29 is 9.90 Å². The Balaban J connectivity index is 1.69. The van der Waals surface area contributed by atoms with Crippen LogP contribution in [0.1, 0.15) is 25.3 Å². The molecule has 1 fully saturated rings. The molecule has 2 N–H and O–H groups in total. The Kier molecular flexibility index (Phi) is 6.36. The van der Waals surface area contributed by atoms with Crippen molar-refractivity contribution in [1.29, 1.82) is 0 Å². The second kappa shape index (κ2) is 8.04. The fraction of sp³-hybridized carbons (Fsp3) is 0.562. The van der Waals surface area contributed by atoms with Gasteiger partial charge in [0, 0.05) is 35.6 Å². The Bertz CT molecular complexity index is 523. The molecule has 1 aliphatic rings. The Labute approximate surface area is 141 Å². The molecule has 2 amide bonds. The van der Waals surface area contributed by atoms with Gasteiger partial charge in [-0.05, 0) is 43.9 Å². The van der Waals surface area contributed by atoms with E-state index in [2.05, 4.69) is 5.32 Å². The summed E-state index contributed by atoms with van der Waals surface area (Å²) < 4.78 is 0. The van der Waals surface area contributed by atoms with E-state index in [0.29, 0.717) is 29.7 Å². The van der Waals surface area contributed by atoms with Gasteiger partial charge in [-0.15, -0.1) is 0 Å². The normalized spacial score (nSPS) is 19.3. The Morgan fingerprint density at radius 3 is 2.91 bits per heavy atom. The first-order valence-electron chi connectivity index (χ1n) is 7.62. The number of carbonyl (C=O) groups is 1. The number of hydrogen-bond donors (Lipinski definition) is 2. The van der Waals surface area contributed by atoms with Crippen LogP contribution >= 0.6 is 23.2 Å². The number of nitrogens with zero attached hydrogens (tertiary/aromatic N) is 1. The second-order valence-corrected chi connectivity index (χ2v) is 6.65. The van der Waals surface area contributed by atoms with E-state index in [4.69, 9.17) is 23.2 Å². The molecule has 2 rings (SSSR count). The van der Waals surface area contributed by atoms with Crippen LogP contribution in [0, 0.1) is 5.92 Å². The molecule has 0 spiro atoms. The smallest absolute Gasteiger partial charge is 0.317 e. The molecule has 6 heteroatoms. The number of likely N-dealkylation sites (tertiary alicyclic amines) is 1. The Morgan fingerprint density at radius 2 is 2.27 bits per heavy atom. The number of aliphatic hydroxyl groups excluding tert-OH is 1. The van der Waals surface area contributed by atoms with Crippen molar-refractivity contribution in [2.45, 2.75) is 32.3 Å². The van der Waals surface area contributed by atoms with E-state index in [1.54, 1.807) is 17.9 Å².